The highest BCUT2D eigenvalue weighted by Gasteiger charge is 2.19. The van der Waals surface area contributed by atoms with E-state index in [0.29, 0.717) is 23.8 Å². The Morgan fingerprint density at radius 1 is 0.935 bits per heavy atom. The number of morpholine rings is 1. The maximum atomic E-state index is 12.6. The number of aromatic nitrogens is 1. The Labute approximate surface area is 186 Å². The van der Waals surface area contributed by atoms with E-state index in [4.69, 9.17) is 4.74 Å². The highest BCUT2D eigenvalue weighted by atomic mass is 32.1. The van der Waals surface area contributed by atoms with E-state index in [1.165, 1.54) is 22.7 Å². The highest BCUT2D eigenvalue weighted by molar-refractivity contribution is 7.14. The van der Waals surface area contributed by atoms with Gasteiger partial charge in [-0.25, -0.2) is 4.98 Å². The van der Waals surface area contributed by atoms with Crippen LogP contribution in [0.1, 0.15) is 30.5 Å². The molecule has 0 unspecified atom stereocenters. The molecule has 0 bridgehead atoms. The van der Waals surface area contributed by atoms with E-state index >= 15 is 0 Å². The molecule has 1 aliphatic rings. The van der Waals surface area contributed by atoms with Gasteiger partial charge in [0, 0.05) is 18.5 Å². The molecule has 0 saturated carbocycles. The SMILES string of the molecule is O=C(NNC(=O)c1ccccc1NC(=O)c1cccs1)c1csc(N2CCOCC2)n1. The summed E-state index contributed by atoms with van der Waals surface area (Å²) in [4.78, 5) is 44.2. The highest BCUT2D eigenvalue weighted by Crippen LogP contribution is 2.21. The van der Waals surface area contributed by atoms with Crippen LogP contribution in [0.15, 0.2) is 47.2 Å². The zero-order chi connectivity index (χ0) is 21.6. The van der Waals surface area contributed by atoms with Gasteiger partial charge in [0.2, 0.25) is 0 Å². The Balaban J connectivity index is 1.37. The van der Waals surface area contributed by atoms with Gasteiger partial charge in [-0.05, 0) is 23.6 Å². The number of amides is 3. The van der Waals surface area contributed by atoms with Gasteiger partial charge < -0.3 is 15.0 Å². The molecule has 11 heteroatoms. The van der Waals surface area contributed by atoms with E-state index in [2.05, 4.69) is 26.1 Å². The van der Waals surface area contributed by atoms with Crippen LogP contribution in [-0.2, 0) is 4.74 Å². The maximum Gasteiger partial charge on any atom is 0.289 e. The van der Waals surface area contributed by atoms with Crippen molar-refractivity contribution in [3.63, 3.8) is 0 Å². The van der Waals surface area contributed by atoms with Crippen molar-refractivity contribution in [2.24, 2.45) is 0 Å². The van der Waals surface area contributed by atoms with Crippen molar-refractivity contribution in [3.05, 3.63) is 63.3 Å². The van der Waals surface area contributed by atoms with Crippen LogP contribution in [0.2, 0.25) is 0 Å². The summed E-state index contributed by atoms with van der Waals surface area (Å²) < 4.78 is 5.32. The molecule has 0 atom stereocenters. The van der Waals surface area contributed by atoms with E-state index in [9.17, 15) is 14.4 Å². The number of anilines is 2. The number of ether oxygens (including phenoxy) is 1. The van der Waals surface area contributed by atoms with Gasteiger partial charge in [-0.2, -0.15) is 0 Å². The molecule has 4 rings (SSSR count). The summed E-state index contributed by atoms with van der Waals surface area (Å²) in [5.41, 5.74) is 5.53. The lowest BCUT2D eigenvalue weighted by Crippen LogP contribution is -2.42. The first-order chi connectivity index (χ1) is 15.1. The molecule has 2 aromatic heterocycles. The predicted molar refractivity (Wildman–Crippen MR) is 119 cm³/mol. The van der Waals surface area contributed by atoms with E-state index in [0.717, 1.165) is 18.2 Å². The summed E-state index contributed by atoms with van der Waals surface area (Å²) in [5.74, 6) is -1.39. The predicted octanol–water partition coefficient (Wildman–Crippen LogP) is 2.37. The number of hydrogen-bond donors (Lipinski definition) is 3. The smallest absolute Gasteiger partial charge is 0.289 e. The van der Waals surface area contributed by atoms with Crippen molar-refractivity contribution in [1.29, 1.82) is 0 Å². The summed E-state index contributed by atoms with van der Waals surface area (Å²) in [6, 6.07) is 10.0. The Bertz CT molecular complexity index is 1080. The average molecular weight is 458 g/mol. The van der Waals surface area contributed by atoms with Crippen molar-refractivity contribution in [1.82, 2.24) is 15.8 Å². The lowest BCUT2D eigenvalue weighted by Gasteiger charge is -2.25. The Morgan fingerprint density at radius 3 is 2.48 bits per heavy atom. The average Bonchev–Trinajstić information content (AvgIpc) is 3.51. The van der Waals surface area contributed by atoms with Crippen LogP contribution >= 0.6 is 22.7 Å². The third kappa shape index (κ3) is 5.08. The van der Waals surface area contributed by atoms with Gasteiger partial charge in [0.1, 0.15) is 5.69 Å². The number of thiophene rings is 1. The molecule has 9 nitrogen and oxygen atoms in total. The van der Waals surface area contributed by atoms with Crippen molar-refractivity contribution >= 4 is 51.2 Å². The van der Waals surface area contributed by atoms with Gasteiger partial charge in [0.15, 0.2) is 5.13 Å². The van der Waals surface area contributed by atoms with Crippen LogP contribution in [-0.4, -0.2) is 49.0 Å². The van der Waals surface area contributed by atoms with Gasteiger partial charge >= 0.3 is 0 Å². The largest absolute Gasteiger partial charge is 0.378 e. The fourth-order valence-electron chi connectivity index (χ4n) is 2.90. The second-order valence-electron chi connectivity index (χ2n) is 6.50. The minimum atomic E-state index is -0.556. The van der Waals surface area contributed by atoms with Crippen molar-refractivity contribution < 1.29 is 19.1 Å². The van der Waals surface area contributed by atoms with Crippen LogP contribution in [0.25, 0.3) is 0 Å². The number of hydrogen-bond acceptors (Lipinski definition) is 8. The minimum Gasteiger partial charge on any atom is -0.378 e. The van der Waals surface area contributed by atoms with Gasteiger partial charge in [0.05, 0.1) is 29.3 Å². The number of para-hydroxylation sites is 1. The molecule has 1 saturated heterocycles. The zero-order valence-electron chi connectivity index (χ0n) is 16.3. The maximum absolute atomic E-state index is 12.6. The molecule has 3 aromatic rings. The number of carbonyl (C=O) groups excluding carboxylic acids is 3. The number of rotatable bonds is 5. The monoisotopic (exact) mass is 457 g/mol. The fourth-order valence-corrected chi connectivity index (χ4v) is 4.37. The molecule has 3 amide bonds. The van der Waals surface area contributed by atoms with Gasteiger partial charge in [-0.15, -0.1) is 22.7 Å². The molecular weight excluding hydrogens is 438 g/mol. The first-order valence-corrected chi connectivity index (χ1v) is 11.2. The lowest BCUT2D eigenvalue weighted by atomic mass is 10.1. The molecule has 0 spiro atoms. The van der Waals surface area contributed by atoms with Gasteiger partial charge in [-0.3, -0.25) is 25.2 Å². The summed E-state index contributed by atoms with van der Waals surface area (Å²) in [7, 11) is 0. The number of nitrogens with one attached hydrogen (secondary N) is 3. The number of thiazole rings is 1. The molecule has 1 aliphatic heterocycles. The minimum absolute atomic E-state index is 0.214. The number of benzene rings is 1. The molecule has 0 aliphatic carbocycles. The Kier molecular flexibility index (Phi) is 6.55. The summed E-state index contributed by atoms with van der Waals surface area (Å²) in [5, 5.41) is 6.90. The van der Waals surface area contributed by atoms with Crippen LogP contribution in [0, 0.1) is 0 Å². The van der Waals surface area contributed by atoms with Crippen LogP contribution in [0.5, 0.6) is 0 Å². The number of nitrogens with zero attached hydrogens (tertiary/aromatic N) is 2. The third-order valence-corrected chi connectivity index (χ3v) is 6.23. The molecule has 1 aromatic carbocycles. The Morgan fingerprint density at radius 2 is 1.71 bits per heavy atom. The summed E-state index contributed by atoms with van der Waals surface area (Å²) in [6.07, 6.45) is 0. The van der Waals surface area contributed by atoms with Crippen LogP contribution < -0.4 is 21.1 Å². The number of hydrazine groups is 1. The van der Waals surface area contributed by atoms with Crippen molar-refractivity contribution in [2.45, 2.75) is 0 Å². The van der Waals surface area contributed by atoms with E-state index in [1.54, 1.807) is 47.2 Å². The molecule has 160 valence electrons. The van der Waals surface area contributed by atoms with Gasteiger partial charge in [0.25, 0.3) is 17.7 Å². The van der Waals surface area contributed by atoms with Crippen molar-refractivity contribution in [2.75, 3.05) is 36.5 Å². The van der Waals surface area contributed by atoms with E-state index < -0.39 is 11.8 Å². The van der Waals surface area contributed by atoms with Crippen LogP contribution in [0.3, 0.4) is 0 Å². The third-order valence-electron chi connectivity index (χ3n) is 4.46. The van der Waals surface area contributed by atoms with Gasteiger partial charge in [-0.1, -0.05) is 18.2 Å². The van der Waals surface area contributed by atoms with E-state index in [-0.39, 0.29) is 17.2 Å². The summed E-state index contributed by atoms with van der Waals surface area (Å²) in [6.45, 7) is 2.69. The second-order valence-corrected chi connectivity index (χ2v) is 8.28. The zero-order valence-corrected chi connectivity index (χ0v) is 17.9. The quantitative estimate of drug-likeness (QED) is 0.507. The molecule has 0 radical (unpaired) electrons. The van der Waals surface area contributed by atoms with Crippen LogP contribution in [0.4, 0.5) is 10.8 Å². The molecular formula is C20H19N5O4S2. The lowest BCUT2D eigenvalue weighted by molar-refractivity contribution is 0.0844. The molecule has 1 fully saturated rings. The second kappa shape index (κ2) is 9.69. The number of carbonyl (C=O) groups is 3. The van der Waals surface area contributed by atoms with Crippen molar-refractivity contribution in [3.8, 4) is 0 Å². The topological polar surface area (TPSA) is 113 Å². The molecule has 3 heterocycles. The molecule has 3 N–H and O–H groups in total. The Hall–Kier alpha value is -3.28. The normalized spacial score (nSPS) is 13.5. The first kappa shape index (κ1) is 21.0. The van der Waals surface area contributed by atoms with E-state index in [1.807, 2.05) is 0 Å². The summed E-state index contributed by atoms with van der Waals surface area (Å²) >= 11 is 2.66. The fraction of sp³-hybridized carbons (Fsp3) is 0.200. The first-order valence-electron chi connectivity index (χ1n) is 9.44. The molecule has 31 heavy (non-hydrogen) atoms. The standard InChI is InChI=1S/C20H19N5O4S2/c26-17(13-4-1-2-5-14(13)21-19(28)16-6-3-11-30-16)23-24-18(27)15-12-31-20(22-15)25-7-9-29-10-8-25/h1-6,11-12H,7-10H2,(H,21,28)(H,23,26)(H,24,27).